The molecule has 13 aromatic rings. The molecule has 84 heavy (non-hydrogen) atoms. The molecule has 16 nitrogen and oxygen atoms in total. The number of halogens is 3. The van der Waals surface area contributed by atoms with Gasteiger partial charge in [-0.15, -0.1) is 0 Å². The maximum Gasteiger partial charge on any atom is 0.415 e. The summed E-state index contributed by atoms with van der Waals surface area (Å²) >= 11 is 0. The van der Waals surface area contributed by atoms with Gasteiger partial charge in [0.05, 0.1) is 57.2 Å². The van der Waals surface area contributed by atoms with Gasteiger partial charge in [0.25, 0.3) is 0 Å². The molecule has 0 fully saturated rings. The van der Waals surface area contributed by atoms with Crippen molar-refractivity contribution in [2.45, 2.75) is 61.6 Å². The summed E-state index contributed by atoms with van der Waals surface area (Å²) in [6, 6.07) is 40.1. The second-order valence-corrected chi connectivity index (χ2v) is 20.5. The zero-order chi connectivity index (χ0) is 58.5. The average molecular weight is 1110 g/mol. The molecule has 0 bridgehead atoms. The Labute approximate surface area is 478 Å². The number of benzene rings is 7. The van der Waals surface area contributed by atoms with E-state index in [0.29, 0.717) is 137 Å². The van der Waals surface area contributed by atoms with Crippen LogP contribution in [-0.4, -0.2) is 68.9 Å². The predicted molar refractivity (Wildman–Crippen MR) is 315 cm³/mol. The second-order valence-electron chi connectivity index (χ2n) is 20.5. The predicted octanol–water partition coefficient (Wildman–Crippen LogP) is 14.5. The Morgan fingerprint density at radius 1 is 0.405 bits per heavy atom. The molecule has 0 spiro atoms. The molecule has 0 aliphatic carbocycles. The molecule has 19 heteroatoms. The highest BCUT2D eigenvalue weighted by atomic mass is 19.4. The van der Waals surface area contributed by atoms with Crippen molar-refractivity contribution >= 4 is 49.3 Å². The molecule has 0 aliphatic heterocycles. The Hall–Kier alpha value is -11.1. The summed E-state index contributed by atoms with van der Waals surface area (Å²) in [5, 5.41) is 14.6. The number of rotatable bonds is 8. The zero-order valence-corrected chi connectivity index (χ0v) is 46.4. The summed E-state index contributed by atoms with van der Waals surface area (Å²) in [4.78, 5) is 58.8. The molecule has 13 rings (SSSR count). The summed E-state index contributed by atoms with van der Waals surface area (Å²) < 4.78 is 51.5. The van der Waals surface area contributed by atoms with Crippen LogP contribution in [0.15, 0.2) is 127 Å². The SMILES string of the molecule is [C-]#[N+]c1ccc(-c2cccc(-n3c4ccc(-c5nc(C)nc(C)n5)cc4c4cc(-c5nc(C)nc(C)n5)ccc43)c2-c2c(C#N)cccc2-n2c3ccc(-c4nc(C)nc(C)n4)cc3c3cc(-c4nc(C)nc(C)n4)ccc32)c(C(F)(F)F)c1. The van der Waals surface area contributed by atoms with E-state index in [9.17, 15) is 5.26 Å². The quantitative estimate of drug-likeness (QED) is 0.131. The summed E-state index contributed by atoms with van der Waals surface area (Å²) in [7, 11) is 0. The molecule has 406 valence electrons. The molecule has 0 saturated heterocycles. The van der Waals surface area contributed by atoms with Crippen molar-refractivity contribution in [3.8, 4) is 85.2 Å². The van der Waals surface area contributed by atoms with Crippen molar-refractivity contribution in [3.05, 3.63) is 197 Å². The van der Waals surface area contributed by atoms with E-state index in [0.717, 1.165) is 27.6 Å². The normalized spacial score (nSPS) is 11.7. The molecule has 0 N–H and O–H groups in total. The van der Waals surface area contributed by atoms with E-state index >= 15 is 13.2 Å². The fraction of sp³-hybridized carbons (Fsp3) is 0.138. The van der Waals surface area contributed by atoms with Gasteiger partial charge in [0.1, 0.15) is 46.6 Å². The van der Waals surface area contributed by atoms with E-state index < -0.39 is 11.7 Å². The fourth-order valence-electron chi connectivity index (χ4n) is 11.5. The topological polar surface area (TPSA) is 193 Å². The number of alkyl halides is 3. The third-order valence-corrected chi connectivity index (χ3v) is 14.7. The maximum absolute atomic E-state index is 15.8. The van der Waals surface area contributed by atoms with E-state index in [2.05, 4.69) is 30.9 Å². The summed E-state index contributed by atoms with van der Waals surface area (Å²) in [6.07, 6.45) is -4.91. The van der Waals surface area contributed by atoms with Gasteiger partial charge >= 0.3 is 6.18 Å². The Balaban J connectivity index is 1.17. The van der Waals surface area contributed by atoms with E-state index in [1.54, 1.807) is 52.0 Å². The highest BCUT2D eigenvalue weighted by Gasteiger charge is 2.36. The maximum atomic E-state index is 15.8. The van der Waals surface area contributed by atoms with Crippen LogP contribution in [0.25, 0.3) is 128 Å². The van der Waals surface area contributed by atoms with E-state index in [4.69, 9.17) is 46.4 Å². The lowest BCUT2D eigenvalue weighted by Gasteiger charge is -2.24. The third-order valence-electron chi connectivity index (χ3n) is 14.7. The number of hydrogen-bond acceptors (Lipinski definition) is 13. The van der Waals surface area contributed by atoms with Crippen molar-refractivity contribution in [1.82, 2.24) is 68.9 Å². The van der Waals surface area contributed by atoms with Gasteiger partial charge in [0.2, 0.25) is 0 Å². The van der Waals surface area contributed by atoms with Gasteiger partial charge in [0.15, 0.2) is 29.0 Å². The molecular weight excluding hydrogens is 1060 g/mol. The Bertz CT molecular complexity index is 4750. The summed E-state index contributed by atoms with van der Waals surface area (Å²) in [6.45, 7) is 22.3. The van der Waals surface area contributed by atoms with Gasteiger partial charge in [-0.3, -0.25) is 0 Å². The van der Waals surface area contributed by atoms with Crippen LogP contribution < -0.4 is 0 Å². The standard InChI is InChI=1S/C65H45F3N16/c1-32-71-33(2)76-61(75-32)40-16-22-53-48(26-40)49-27-41(62-77-34(3)72-35(4)78-62)17-23-54(49)83(53)57-14-10-12-44(31-69)59(57)60-47(46-21-20-45(70-9)30-52(46)65(66,67)68)13-11-15-58(60)84-55-24-18-42(63-79-36(5)73-37(6)80-63)28-50(55)51-29-43(19-25-56(51)84)64-81-38(7)74-39(8)82-64/h10-30H,1-8H3. The molecular formula is C65H45F3N16. The average Bonchev–Trinajstić information content (AvgIpc) is 1.56. The van der Waals surface area contributed by atoms with Gasteiger partial charge in [-0.2, -0.15) is 18.4 Å². The Morgan fingerprint density at radius 2 is 0.750 bits per heavy atom. The van der Waals surface area contributed by atoms with Gasteiger partial charge in [0, 0.05) is 54.9 Å². The van der Waals surface area contributed by atoms with E-state index in [-0.39, 0.29) is 22.4 Å². The fourth-order valence-corrected chi connectivity index (χ4v) is 11.5. The lowest BCUT2D eigenvalue weighted by molar-refractivity contribution is -0.137. The van der Waals surface area contributed by atoms with Gasteiger partial charge in [-0.1, -0.05) is 30.3 Å². The van der Waals surface area contributed by atoms with Crippen LogP contribution in [0.2, 0.25) is 0 Å². The molecule has 6 heterocycles. The van der Waals surface area contributed by atoms with Crippen molar-refractivity contribution < 1.29 is 13.2 Å². The first-order valence-corrected chi connectivity index (χ1v) is 26.6. The Kier molecular flexibility index (Phi) is 12.4. The van der Waals surface area contributed by atoms with E-state index in [1.165, 1.54) is 12.1 Å². The van der Waals surface area contributed by atoms with E-state index in [1.807, 2.05) is 122 Å². The minimum Gasteiger partial charge on any atom is -0.309 e. The molecule has 0 saturated carbocycles. The van der Waals surface area contributed by atoms with Gasteiger partial charge in [-0.25, -0.2) is 64.7 Å². The smallest absolute Gasteiger partial charge is 0.309 e. The lowest BCUT2D eigenvalue weighted by atomic mass is 9.87. The minimum absolute atomic E-state index is 0.155. The van der Waals surface area contributed by atoms with Crippen molar-refractivity contribution in [2.24, 2.45) is 0 Å². The first kappa shape index (κ1) is 52.3. The first-order valence-electron chi connectivity index (χ1n) is 26.6. The van der Waals surface area contributed by atoms with Crippen LogP contribution in [0, 0.1) is 73.3 Å². The monoisotopic (exact) mass is 1110 g/mol. The second kappa shape index (κ2) is 19.9. The van der Waals surface area contributed by atoms with Crippen LogP contribution in [-0.2, 0) is 6.18 Å². The molecule has 0 amide bonds. The van der Waals surface area contributed by atoms with Crippen molar-refractivity contribution in [3.63, 3.8) is 0 Å². The van der Waals surface area contributed by atoms with Crippen LogP contribution in [0.4, 0.5) is 18.9 Å². The molecule has 0 unspecified atom stereocenters. The zero-order valence-electron chi connectivity index (χ0n) is 46.4. The minimum atomic E-state index is -4.91. The van der Waals surface area contributed by atoms with Crippen LogP contribution in [0.1, 0.15) is 57.7 Å². The lowest BCUT2D eigenvalue weighted by Crippen LogP contribution is -2.09. The van der Waals surface area contributed by atoms with Gasteiger partial charge < -0.3 is 9.13 Å². The Morgan fingerprint density at radius 3 is 1.08 bits per heavy atom. The third kappa shape index (κ3) is 9.04. The van der Waals surface area contributed by atoms with Crippen LogP contribution in [0.3, 0.4) is 0 Å². The number of fused-ring (bicyclic) bond motifs is 6. The molecule has 6 aromatic heterocycles. The van der Waals surface area contributed by atoms with Crippen molar-refractivity contribution in [1.29, 1.82) is 5.26 Å². The summed E-state index contributed by atoms with van der Waals surface area (Å²) in [5.41, 5.74) is 6.10. The molecule has 0 radical (unpaired) electrons. The van der Waals surface area contributed by atoms with Crippen LogP contribution >= 0.6 is 0 Å². The largest absolute Gasteiger partial charge is 0.415 e. The number of nitriles is 1. The first-order chi connectivity index (χ1) is 40.4. The molecule has 7 aromatic carbocycles. The number of nitrogens with zero attached hydrogens (tertiary/aromatic N) is 16. The number of aromatic nitrogens is 14. The summed E-state index contributed by atoms with van der Waals surface area (Å²) in [5.74, 6) is 6.26. The highest BCUT2D eigenvalue weighted by Crippen LogP contribution is 2.50. The van der Waals surface area contributed by atoms with Crippen LogP contribution in [0.5, 0.6) is 0 Å². The highest BCUT2D eigenvalue weighted by molar-refractivity contribution is 6.14. The molecule has 0 aliphatic rings. The van der Waals surface area contributed by atoms with Gasteiger partial charge in [-0.05, 0) is 164 Å². The number of aryl methyl sites for hydroxylation is 8. The molecule has 0 atom stereocenters. The number of hydrogen-bond donors (Lipinski definition) is 0. The van der Waals surface area contributed by atoms with Crippen molar-refractivity contribution in [2.75, 3.05) is 0 Å².